The van der Waals surface area contributed by atoms with E-state index in [4.69, 9.17) is 9.47 Å². The molecule has 0 aromatic heterocycles. The van der Waals surface area contributed by atoms with Gasteiger partial charge in [-0.3, -0.25) is 0 Å². The van der Waals surface area contributed by atoms with E-state index in [2.05, 4.69) is 30.5 Å². The van der Waals surface area contributed by atoms with Crippen LogP contribution in [-0.2, 0) is 14.3 Å². The van der Waals surface area contributed by atoms with E-state index in [1.165, 1.54) is 12.3 Å². The summed E-state index contributed by atoms with van der Waals surface area (Å²) in [6.45, 7) is 8.31. The third-order valence-corrected chi connectivity index (χ3v) is 8.59. The molecule has 0 aliphatic heterocycles. The van der Waals surface area contributed by atoms with Gasteiger partial charge >= 0.3 is 12.1 Å². The quantitative estimate of drug-likeness (QED) is 0.644. The van der Waals surface area contributed by atoms with Gasteiger partial charge in [0.05, 0.1) is 21.8 Å². The Morgan fingerprint density at radius 3 is 2.32 bits per heavy atom. The Kier molecular flexibility index (Phi) is 6.61. The zero-order valence-electron chi connectivity index (χ0n) is 13.9. The van der Waals surface area contributed by atoms with E-state index < -0.39 is 26.2 Å². The van der Waals surface area contributed by atoms with Gasteiger partial charge in [-0.2, -0.15) is 0 Å². The average Bonchev–Trinajstić information content (AvgIpc) is 2.52. The second-order valence-corrected chi connectivity index (χ2v) is 10.7. The molecule has 0 fully saturated rings. The molecular formula is C16H25NO4Si. The molecule has 0 spiro atoms. The van der Waals surface area contributed by atoms with Gasteiger partial charge in [0.2, 0.25) is 0 Å². The number of carbonyl (C=O) groups excluding carboxylic acids is 2. The maximum atomic E-state index is 12.1. The van der Waals surface area contributed by atoms with Crippen molar-refractivity contribution < 1.29 is 19.1 Å². The number of carbonyl (C=O) groups is 2. The van der Waals surface area contributed by atoms with Gasteiger partial charge in [0.1, 0.15) is 6.04 Å². The van der Waals surface area contributed by atoms with E-state index >= 15 is 0 Å². The van der Waals surface area contributed by atoms with Crippen molar-refractivity contribution in [3.05, 3.63) is 30.3 Å². The maximum Gasteiger partial charge on any atom is 0.407 e. The van der Waals surface area contributed by atoms with E-state index in [1.807, 2.05) is 25.1 Å². The summed E-state index contributed by atoms with van der Waals surface area (Å²) in [6, 6.07) is 9.37. The Labute approximate surface area is 133 Å². The molecule has 0 saturated heterocycles. The number of amides is 1. The molecule has 2 atom stereocenters. The Hall–Kier alpha value is -1.82. The number of alkyl carbamates (subject to hydrolysis) is 1. The topological polar surface area (TPSA) is 64.6 Å². The summed E-state index contributed by atoms with van der Waals surface area (Å²) < 4.78 is 9.75. The van der Waals surface area contributed by atoms with Gasteiger partial charge in [-0.1, -0.05) is 55.5 Å². The Bertz CT molecular complexity index is 504. The number of hydrogen-bond donors (Lipinski definition) is 1. The molecule has 1 N–H and O–H groups in total. The summed E-state index contributed by atoms with van der Waals surface area (Å²) in [5, 5.41) is 3.87. The number of ether oxygens (including phenoxy) is 2. The highest BCUT2D eigenvalue weighted by Gasteiger charge is 2.40. The van der Waals surface area contributed by atoms with Crippen molar-refractivity contribution in [2.24, 2.45) is 0 Å². The van der Waals surface area contributed by atoms with Crippen LogP contribution in [0.1, 0.15) is 13.8 Å². The van der Waals surface area contributed by atoms with Crippen LogP contribution in [0.25, 0.3) is 0 Å². The largest absolute Gasteiger partial charge is 0.467 e. The fourth-order valence-corrected chi connectivity index (χ4v) is 4.99. The van der Waals surface area contributed by atoms with E-state index in [1.54, 1.807) is 6.92 Å². The molecule has 0 saturated carbocycles. The van der Waals surface area contributed by atoms with E-state index in [0.29, 0.717) is 0 Å². The lowest BCUT2D eigenvalue weighted by Gasteiger charge is -2.34. The minimum atomic E-state index is -1.99. The molecule has 0 bridgehead atoms. The highest BCUT2D eigenvalue weighted by Crippen LogP contribution is 2.26. The lowest BCUT2D eigenvalue weighted by Crippen LogP contribution is -2.56. The third kappa shape index (κ3) is 4.33. The highest BCUT2D eigenvalue weighted by atomic mass is 28.3. The average molecular weight is 323 g/mol. The van der Waals surface area contributed by atoms with Crippen molar-refractivity contribution in [1.82, 2.24) is 5.32 Å². The molecule has 1 amide bonds. The Balaban J connectivity index is 3.02. The number of hydrogen-bond acceptors (Lipinski definition) is 4. The van der Waals surface area contributed by atoms with Crippen molar-refractivity contribution in [2.75, 3.05) is 13.7 Å². The molecule has 122 valence electrons. The van der Waals surface area contributed by atoms with Crippen LogP contribution in [0.5, 0.6) is 0 Å². The van der Waals surface area contributed by atoms with E-state index in [9.17, 15) is 9.59 Å². The first-order chi connectivity index (χ1) is 10.3. The molecule has 0 heterocycles. The first-order valence-electron chi connectivity index (χ1n) is 7.41. The zero-order chi connectivity index (χ0) is 16.8. The van der Waals surface area contributed by atoms with E-state index in [-0.39, 0.29) is 12.1 Å². The first kappa shape index (κ1) is 18.2. The SMILES string of the molecule is CCOC(=O)N[C@H](C(=O)OC)[C@H](C)[Si](C)(C)c1ccccc1. The van der Waals surface area contributed by atoms with Crippen LogP contribution in [0.4, 0.5) is 4.79 Å². The second kappa shape index (κ2) is 7.98. The molecule has 0 unspecified atom stereocenters. The summed E-state index contributed by atoms with van der Waals surface area (Å²) in [4.78, 5) is 23.8. The number of methoxy groups -OCH3 is 1. The van der Waals surface area contributed by atoms with Gasteiger partial charge in [0.15, 0.2) is 0 Å². The molecule has 5 nitrogen and oxygen atoms in total. The van der Waals surface area contributed by atoms with Gasteiger partial charge in [0, 0.05) is 0 Å². The van der Waals surface area contributed by atoms with Crippen molar-refractivity contribution in [2.45, 2.75) is 38.5 Å². The van der Waals surface area contributed by atoms with Crippen molar-refractivity contribution in [1.29, 1.82) is 0 Å². The summed E-state index contributed by atoms with van der Waals surface area (Å²) >= 11 is 0. The summed E-state index contributed by atoms with van der Waals surface area (Å²) in [7, 11) is -0.660. The predicted octanol–water partition coefficient (Wildman–Crippen LogP) is 2.28. The first-order valence-corrected chi connectivity index (χ1v) is 10.5. The molecule has 22 heavy (non-hydrogen) atoms. The minimum Gasteiger partial charge on any atom is -0.467 e. The molecule has 0 aliphatic carbocycles. The highest BCUT2D eigenvalue weighted by molar-refractivity contribution is 6.91. The normalized spacial score (nSPS) is 13.9. The van der Waals surface area contributed by atoms with Crippen LogP contribution in [0.3, 0.4) is 0 Å². The number of esters is 1. The van der Waals surface area contributed by atoms with Gasteiger partial charge in [-0.05, 0) is 12.5 Å². The van der Waals surface area contributed by atoms with Crippen LogP contribution in [-0.4, -0.2) is 39.9 Å². The van der Waals surface area contributed by atoms with Gasteiger partial charge in [-0.15, -0.1) is 0 Å². The lowest BCUT2D eigenvalue weighted by atomic mass is 10.2. The monoisotopic (exact) mass is 323 g/mol. The Morgan fingerprint density at radius 1 is 1.23 bits per heavy atom. The molecular weight excluding hydrogens is 298 g/mol. The Morgan fingerprint density at radius 2 is 1.82 bits per heavy atom. The number of rotatable bonds is 6. The molecule has 0 aliphatic rings. The smallest absolute Gasteiger partial charge is 0.407 e. The molecule has 1 rings (SSSR count). The molecule has 1 aromatic carbocycles. The number of benzene rings is 1. The zero-order valence-corrected chi connectivity index (χ0v) is 14.9. The predicted molar refractivity (Wildman–Crippen MR) is 88.9 cm³/mol. The van der Waals surface area contributed by atoms with Crippen molar-refractivity contribution >= 4 is 25.3 Å². The fraction of sp³-hybridized carbons (Fsp3) is 0.500. The lowest BCUT2D eigenvalue weighted by molar-refractivity contribution is -0.143. The summed E-state index contributed by atoms with van der Waals surface area (Å²) in [6.07, 6.45) is -0.595. The van der Waals surface area contributed by atoms with Gasteiger partial charge in [0.25, 0.3) is 0 Å². The molecule has 6 heteroatoms. The minimum absolute atomic E-state index is 0.0493. The summed E-state index contributed by atoms with van der Waals surface area (Å²) in [5.74, 6) is -0.447. The van der Waals surface area contributed by atoms with Gasteiger partial charge < -0.3 is 14.8 Å². The van der Waals surface area contributed by atoms with Gasteiger partial charge in [-0.25, -0.2) is 9.59 Å². The van der Waals surface area contributed by atoms with Crippen LogP contribution < -0.4 is 10.5 Å². The maximum absolute atomic E-state index is 12.1. The van der Waals surface area contributed by atoms with Crippen molar-refractivity contribution in [3.63, 3.8) is 0 Å². The van der Waals surface area contributed by atoms with Crippen LogP contribution >= 0.6 is 0 Å². The third-order valence-electron chi connectivity index (χ3n) is 4.16. The number of nitrogens with one attached hydrogen (secondary N) is 1. The van der Waals surface area contributed by atoms with Crippen LogP contribution in [0, 0.1) is 0 Å². The van der Waals surface area contributed by atoms with Crippen LogP contribution in [0.15, 0.2) is 30.3 Å². The standard InChI is InChI=1S/C16H25NO4Si/c1-6-21-16(19)17-14(15(18)20-3)12(2)22(4,5)13-10-8-7-9-11-13/h7-12,14H,6H2,1-5H3,(H,17,19)/t12-,14-/m0/s1. The fourth-order valence-electron chi connectivity index (χ4n) is 2.36. The second-order valence-electron chi connectivity index (χ2n) is 5.74. The molecule has 0 radical (unpaired) electrons. The van der Waals surface area contributed by atoms with E-state index in [0.717, 1.165) is 0 Å². The summed E-state index contributed by atoms with van der Waals surface area (Å²) in [5.41, 5.74) is -0.0493. The van der Waals surface area contributed by atoms with Crippen LogP contribution in [0.2, 0.25) is 18.6 Å². The van der Waals surface area contributed by atoms with Crippen molar-refractivity contribution in [3.8, 4) is 0 Å². The molecule has 1 aromatic rings.